The summed E-state index contributed by atoms with van der Waals surface area (Å²) in [5, 5.41) is 8.56. The molecule has 0 unspecified atom stereocenters. The average Bonchev–Trinajstić information content (AvgIpc) is 2.57. The Bertz CT molecular complexity index is 738. The molecule has 24 heavy (non-hydrogen) atoms. The van der Waals surface area contributed by atoms with Crippen LogP contribution in [0.15, 0.2) is 47.6 Å². The summed E-state index contributed by atoms with van der Waals surface area (Å²) in [6.07, 6.45) is 1.68. The molecule has 0 spiro atoms. The third kappa shape index (κ3) is 6.00. The third-order valence-electron chi connectivity index (χ3n) is 2.96. The Morgan fingerprint density at radius 3 is 2.79 bits per heavy atom. The number of thiocarbonyl (C=S) groups is 1. The second kappa shape index (κ2) is 9.47. The van der Waals surface area contributed by atoms with Crippen molar-refractivity contribution in [1.82, 2.24) is 10.7 Å². The van der Waals surface area contributed by atoms with Crippen LogP contribution in [0, 0.1) is 0 Å². The molecule has 0 saturated heterocycles. The number of hydrogen-bond acceptors (Lipinski definition) is 3. The lowest BCUT2D eigenvalue weighted by molar-refractivity contribution is 0.306. The fraction of sp³-hybridized carbons (Fsp3) is 0.176. The van der Waals surface area contributed by atoms with Gasteiger partial charge in [0.25, 0.3) is 0 Å². The highest BCUT2D eigenvalue weighted by Gasteiger charge is 2.01. The van der Waals surface area contributed by atoms with Crippen LogP contribution < -0.4 is 15.5 Å². The van der Waals surface area contributed by atoms with E-state index < -0.39 is 0 Å². The normalized spacial score (nSPS) is 10.6. The minimum absolute atomic E-state index is 0.403. The van der Waals surface area contributed by atoms with Gasteiger partial charge in [-0.15, -0.1) is 0 Å². The van der Waals surface area contributed by atoms with Crippen molar-refractivity contribution in [3.63, 3.8) is 0 Å². The Labute approximate surface area is 156 Å². The van der Waals surface area contributed by atoms with E-state index in [2.05, 4.69) is 15.8 Å². The van der Waals surface area contributed by atoms with Gasteiger partial charge in [-0.1, -0.05) is 41.4 Å². The number of nitrogens with one attached hydrogen (secondary N) is 2. The number of benzene rings is 2. The zero-order chi connectivity index (χ0) is 17.4. The monoisotopic (exact) mass is 381 g/mol. The summed E-state index contributed by atoms with van der Waals surface area (Å²) in [6.45, 7) is 3.12. The molecule has 2 N–H and O–H groups in total. The van der Waals surface area contributed by atoms with Gasteiger partial charge in [0.05, 0.1) is 16.3 Å². The molecule has 0 aromatic heterocycles. The van der Waals surface area contributed by atoms with Crippen LogP contribution in [0.4, 0.5) is 0 Å². The molecule has 0 aliphatic heterocycles. The summed E-state index contributed by atoms with van der Waals surface area (Å²) in [6, 6.07) is 13.0. The quantitative estimate of drug-likeness (QED) is 0.442. The molecule has 0 radical (unpaired) electrons. The molecule has 0 heterocycles. The number of nitrogens with zero attached hydrogens (tertiary/aromatic N) is 1. The van der Waals surface area contributed by atoms with E-state index in [1.165, 1.54) is 0 Å². The molecule has 2 aromatic rings. The van der Waals surface area contributed by atoms with Crippen molar-refractivity contribution in [2.75, 3.05) is 6.54 Å². The maximum absolute atomic E-state index is 6.00. The number of hydrazone groups is 1. The summed E-state index contributed by atoms with van der Waals surface area (Å²) in [5.74, 6) is 0.735. The van der Waals surface area contributed by atoms with Crippen molar-refractivity contribution in [2.45, 2.75) is 13.5 Å². The lowest BCUT2D eigenvalue weighted by atomic mass is 10.2. The molecule has 2 rings (SSSR count). The number of ether oxygens (including phenoxy) is 1. The first-order chi connectivity index (χ1) is 11.6. The summed E-state index contributed by atoms with van der Waals surface area (Å²) in [7, 11) is 0. The van der Waals surface area contributed by atoms with E-state index in [1.807, 2.05) is 37.3 Å². The Hall–Kier alpha value is -1.82. The lowest BCUT2D eigenvalue weighted by Crippen LogP contribution is -2.31. The zero-order valence-electron chi connectivity index (χ0n) is 13.1. The molecule has 126 valence electrons. The zero-order valence-corrected chi connectivity index (χ0v) is 15.4. The Morgan fingerprint density at radius 2 is 2.04 bits per heavy atom. The predicted molar refractivity (Wildman–Crippen MR) is 104 cm³/mol. The van der Waals surface area contributed by atoms with Crippen LogP contribution in [0.2, 0.25) is 10.0 Å². The van der Waals surface area contributed by atoms with Gasteiger partial charge >= 0.3 is 0 Å². The van der Waals surface area contributed by atoms with Crippen molar-refractivity contribution >= 4 is 46.7 Å². The van der Waals surface area contributed by atoms with Gasteiger partial charge in [0.15, 0.2) is 5.11 Å². The number of halogens is 2. The molecule has 4 nitrogen and oxygen atoms in total. The summed E-state index contributed by atoms with van der Waals surface area (Å²) >= 11 is 16.9. The number of rotatable bonds is 6. The fourth-order valence-corrected chi connectivity index (χ4v) is 2.36. The Balaban J connectivity index is 1.93. The van der Waals surface area contributed by atoms with Crippen LogP contribution in [0.1, 0.15) is 18.1 Å². The van der Waals surface area contributed by atoms with Gasteiger partial charge in [-0.05, 0) is 54.5 Å². The van der Waals surface area contributed by atoms with E-state index in [0.717, 1.165) is 23.4 Å². The first kappa shape index (κ1) is 18.5. The van der Waals surface area contributed by atoms with Crippen LogP contribution in [0.3, 0.4) is 0 Å². The Morgan fingerprint density at radius 1 is 1.21 bits per heavy atom. The number of hydrogen-bond donors (Lipinski definition) is 2. The maximum atomic E-state index is 6.00. The van der Waals surface area contributed by atoms with Gasteiger partial charge in [0, 0.05) is 6.54 Å². The molecule has 2 aromatic carbocycles. The third-order valence-corrected chi connectivity index (χ3v) is 3.94. The largest absolute Gasteiger partial charge is 0.489 e. The smallest absolute Gasteiger partial charge is 0.186 e. The first-order valence-electron chi connectivity index (χ1n) is 7.32. The molecular weight excluding hydrogens is 365 g/mol. The lowest BCUT2D eigenvalue weighted by Gasteiger charge is -2.08. The van der Waals surface area contributed by atoms with Gasteiger partial charge in [-0.25, -0.2) is 0 Å². The molecule has 0 bridgehead atoms. The fourth-order valence-electron chi connectivity index (χ4n) is 1.85. The van der Waals surface area contributed by atoms with E-state index in [1.54, 1.807) is 18.3 Å². The topological polar surface area (TPSA) is 45.7 Å². The van der Waals surface area contributed by atoms with E-state index >= 15 is 0 Å². The molecule has 0 atom stereocenters. The second-order valence-corrected chi connectivity index (χ2v) is 6.06. The highest BCUT2D eigenvalue weighted by Crippen LogP contribution is 2.23. The van der Waals surface area contributed by atoms with Crippen molar-refractivity contribution in [1.29, 1.82) is 0 Å². The van der Waals surface area contributed by atoms with Gasteiger partial charge in [0.2, 0.25) is 0 Å². The van der Waals surface area contributed by atoms with Crippen molar-refractivity contribution < 1.29 is 4.74 Å². The van der Waals surface area contributed by atoms with E-state index in [9.17, 15) is 0 Å². The molecule has 0 aliphatic rings. The van der Waals surface area contributed by atoms with Crippen LogP contribution in [0.5, 0.6) is 5.75 Å². The van der Waals surface area contributed by atoms with Crippen molar-refractivity contribution in [3.8, 4) is 5.75 Å². The average molecular weight is 382 g/mol. The van der Waals surface area contributed by atoms with Crippen LogP contribution in [-0.2, 0) is 6.61 Å². The van der Waals surface area contributed by atoms with Gasteiger partial charge in [-0.2, -0.15) is 5.10 Å². The summed E-state index contributed by atoms with van der Waals surface area (Å²) in [4.78, 5) is 0. The van der Waals surface area contributed by atoms with Gasteiger partial charge in [0.1, 0.15) is 12.4 Å². The second-order valence-electron chi connectivity index (χ2n) is 4.84. The van der Waals surface area contributed by atoms with Gasteiger partial charge < -0.3 is 10.1 Å². The summed E-state index contributed by atoms with van der Waals surface area (Å²) in [5.41, 5.74) is 4.58. The summed E-state index contributed by atoms with van der Waals surface area (Å²) < 4.78 is 5.77. The maximum Gasteiger partial charge on any atom is 0.186 e. The van der Waals surface area contributed by atoms with Gasteiger partial charge in [-0.3, -0.25) is 5.43 Å². The molecule has 0 aliphatic carbocycles. The SMILES string of the molecule is CCNC(=S)N/N=C/c1cccc(OCc2ccc(Cl)c(Cl)c2)c1. The van der Waals surface area contributed by atoms with Crippen LogP contribution in [-0.4, -0.2) is 17.9 Å². The van der Waals surface area contributed by atoms with E-state index in [0.29, 0.717) is 21.8 Å². The Kier molecular flexibility index (Phi) is 7.31. The minimum Gasteiger partial charge on any atom is -0.489 e. The molecule has 0 fully saturated rings. The van der Waals surface area contributed by atoms with E-state index in [-0.39, 0.29) is 0 Å². The molecular formula is C17H17Cl2N3OS. The minimum atomic E-state index is 0.403. The highest BCUT2D eigenvalue weighted by molar-refractivity contribution is 7.80. The highest BCUT2D eigenvalue weighted by atomic mass is 35.5. The van der Waals surface area contributed by atoms with Crippen molar-refractivity contribution in [3.05, 3.63) is 63.6 Å². The predicted octanol–water partition coefficient (Wildman–Crippen LogP) is 4.39. The van der Waals surface area contributed by atoms with Crippen LogP contribution in [0.25, 0.3) is 0 Å². The van der Waals surface area contributed by atoms with E-state index in [4.69, 9.17) is 40.2 Å². The first-order valence-corrected chi connectivity index (χ1v) is 8.48. The van der Waals surface area contributed by atoms with Crippen LogP contribution >= 0.6 is 35.4 Å². The van der Waals surface area contributed by atoms with Crippen molar-refractivity contribution in [2.24, 2.45) is 5.10 Å². The molecule has 7 heteroatoms. The molecule has 0 saturated carbocycles. The standard InChI is InChI=1S/C17H17Cl2N3OS/c1-2-20-17(24)22-21-10-12-4-3-5-14(8-12)23-11-13-6-7-15(18)16(19)9-13/h3-10H,2,11H2,1H3,(H2,20,22,24)/b21-10+. The molecule has 0 amide bonds.